The van der Waals surface area contributed by atoms with E-state index in [9.17, 15) is 0 Å². The molecule has 6 heterocycles. The van der Waals surface area contributed by atoms with E-state index in [1.54, 1.807) is 0 Å². The zero-order valence-electron chi connectivity index (χ0n) is 49.3. The molecule has 4 nitrogen and oxygen atoms in total. The van der Waals surface area contributed by atoms with Crippen LogP contribution in [0.2, 0.25) is 0 Å². The lowest BCUT2D eigenvalue weighted by Crippen LogP contribution is -2.73. The standard InChI is InChI=1S/C74H69B3N4/c1-42-21-25-46(26-22-42)78-58-19-15-13-17-52(58)75-56-41-57-70-68-69(56)80(64-35-44(3)33-62(78)66(64)75)60-39-50-48(71(5,6)29-31-73(50,9)10)37-54(60)77(68)55-38-49-51(74(11,12)32-30-72(49,7)8)40-61(55)81(70)65-36-45(4)34-63-67(65)76(57)53-18-14-16-20-59(53)79(63)47-27-23-43(2)24-28-47/h13-28,33-41H,29-32H2,1-12H3. The van der Waals surface area contributed by atoms with Crippen molar-refractivity contribution in [2.24, 2.45) is 0 Å². The van der Waals surface area contributed by atoms with Gasteiger partial charge in [-0.3, -0.25) is 0 Å². The van der Waals surface area contributed by atoms with Crippen LogP contribution >= 0.6 is 0 Å². The predicted octanol–water partition coefficient (Wildman–Crippen LogP) is 12.9. The van der Waals surface area contributed by atoms with Gasteiger partial charge in [0.05, 0.1) is 0 Å². The van der Waals surface area contributed by atoms with Crippen LogP contribution in [0.1, 0.15) is 126 Å². The van der Waals surface area contributed by atoms with Gasteiger partial charge in [-0.25, -0.2) is 0 Å². The lowest BCUT2D eigenvalue weighted by Gasteiger charge is -2.54. The number of aryl methyl sites for hydroxylation is 4. The van der Waals surface area contributed by atoms with Crippen molar-refractivity contribution < 1.29 is 0 Å². The summed E-state index contributed by atoms with van der Waals surface area (Å²) in [4.78, 5) is 10.8. The maximum Gasteiger partial charge on any atom is 0.252 e. The molecule has 0 atom stereocenters. The second kappa shape index (κ2) is 15.7. The number of anilines is 12. The molecule has 0 unspecified atom stereocenters. The Kier molecular flexibility index (Phi) is 9.31. The van der Waals surface area contributed by atoms with Gasteiger partial charge in [0.1, 0.15) is 0 Å². The minimum Gasteiger partial charge on any atom is -0.312 e. The molecule has 9 aromatic carbocycles. The van der Waals surface area contributed by atoms with E-state index in [0.717, 1.165) is 25.7 Å². The number of hydrogen-bond acceptors (Lipinski definition) is 4. The zero-order valence-corrected chi connectivity index (χ0v) is 49.3. The Morgan fingerprint density at radius 3 is 1.00 bits per heavy atom. The van der Waals surface area contributed by atoms with E-state index >= 15 is 0 Å². The molecule has 8 aliphatic rings. The first-order valence-electron chi connectivity index (χ1n) is 30.2. The molecule has 7 heteroatoms. The second-order valence-electron chi connectivity index (χ2n) is 28.5. The van der Waals surface area contributed by atoms with Crippen LogP contribution in [0.25, 0.3) is 0 Å². The second-order valence-corrected chi connectivity index (χ2v) is 28.5. The maximum absolute atomic E-state index is 2.83. The molecule has 0 fully saturated rings. The van der Waals surface area contributed by atoms with Gasteiger partial charge in [-0.2, -0.15) is 0 Å². The summed E-state index contributed by atoms with van der Waals surface area (Å²) in [5.74, 6) is 0. The lowest BCUT2D eigenvalue weighted by atomic mass is 9.25. The summed E-state index contributed by atoms with van der Waals surface area (Å²) in [5, 5.41) is 0. The van der Waals surface area contributed by atoms with E-state index < -0.39 is 0 Å². The minimum atomic E-state index is -0.0172. The molecule has 9 aromatic rings. The van der Waals surface area contributed by atoms with Gasteiger partial charge in [0.2, 0.25) is 0 Å². The Morgan fingerprint density at radius 2 is 0.617 bits per heavy atom. The minimum absolute atomic E-state index is 0.00841. The van der Waals surface area contributed by atoms with Crippen LogP contribution in [0.15, 0.2) is 152 Å². The van der Waals surface area contributed by atoms with Crippen LogP contribution in [-0.4, -0.2) is 20.1 Å². The van der Waals surface area contributed by atoms with E-state index in [-0.39, 0.29) is 41.8 Å². The average Bonchev–Trinajstić information content (AvgIpc) is 3.63. The van der Waals surface area contributed by atoms with Gasteiger partial charge in [0.25, 0.3) is 20.1 Å². The summed E-state index contributed by atoms with van der Waals surface area (Å²) < 4.78 is 0. The van der Waals surface area contributed by atoms with Crippen LogP contribution in [0.4, 0.5) is 68.2 Å². The summed E-state index contributed by atoms with van der Waals surface area (Å²) in [7, 11) is 0. The predicted molar refractivity (Wildman–Crippen MR) is 349 cm³/mol. The molecule has 394 valence electrons. The van der Waals surface area contributed by atoms with Crippen molar-refractivity contribution in [3.63, 3.8) is 0 Å². The smallest absolute Gasteiger partial charge is 0.252 e. The summed E-state index contributed by atoms with van der Waals surface area (Å²) >= 11 is 0. The summed E-state index contributed by atoms with van der Waals surface area (Å²) in [5.41, 5.74) is 39.5. The van der Waals surface area contributed by atoms with Gasteiger partial charge < -0.3 is 19.6 Å². The van der Waals surface area contributed by atoms with Crippen LogP contribution < -0.4 is 68.8 Å². The van der Waals surface area contributed by atoms with Gasteiger partial charge >= 0.3 is 0 Å². The Balaban J connectivity index is 1.07. The van der Waals surface area contributed by atoms with Crippen molar-refractivity contribution in [3.8, 4) is 0 Å². The van der Waals surface area contributed by atoms with E-state index in [1.165, 1.54) is 162 Å². The first-order valence-corrected chi connectivity index (χ1v) is 30.2. The normalized spacial score (nSPS) is 18.4. The molecule has 0 aromatic heterocycles. The Hall–Kier alpha value is -7.63. The van der Waals surface area contributed by atoms with Crippen LogP contribution in [0, 0.1) is 27.7 Å². The van der Waals surface area contributed by atoms with E-state index in [2.05, 4.69) is 254 Å². The Labute approximate surface area is 481 Å². The van der Waals surface area contributed by atoms with Crippen molar-refractivity contribution in [2.75, 3.05) is 19.6 Å². The SMILES string of the molecule is Cc1ccc(N2c3ccccc3B3c4cc5c6c7c4N(c4cc8c(cc4B7c4cc7c(cc4N6c4cc(C)cc6c4B5c4ccccc4N6c4ccc(C)cc4)C(C)(C)CCC7(C)C)C(C)(C)CCC8(C)C)c4cc(C)cc2c43)cc1. The largest absolute Gasteiger partial charge is 0.312 e. The third kappa shape index (κ3) is 6.20. The van der Waals surface area contributed by atoms with Gasteiger partial charge in [-0.1, -0.05) is 145 Å². The van der Waals surface area contributed by atoms with Crippen LogP contribution in [0.5, 0.6) is 0 Å². The van der Waals surface area contributed by atoms with E-state index in [1.807, 2.05) is 0 Å². The monoisotopic (exact) mass is 1050 g/mol. The van der Waals surface area contributed by atoms with E-state index in [4.69, 9.17) is 0 Å². The first-order chi connectivity index (χ1) is 38.8. The first kappa shape index (κ1) is 48.1. The molecule has 6 aliphatic heterocycles. The number of hydrogen-bond donors (Lipinski definition) is 0. The summed E-state index contributed by atoms with van der Waals surface area (Å²) in [6.07, 6.45) is 4.65. The third-order valence-electron chi connectivity index (χ3n) is 21.5. The van der Waals surface area contributed by atoms with Crippen molar-refractivity contribution >= 4 is 138 Å². The topological polar surface area (TPSA) is 13.0 Å². The van der Waals surface area contributed by atoms with Crippen LogP contribution in [-0.2, 0) is 21.7 Å². The lowest BCUT2D eigenvalue weighted by molar-refractivity contribution is 0.332. The third-order valence-corrected chi connectivity index (χ3v) is 21.5. The Bertz CT molecular complexity index is 4060. The number of fused-ring (bicyclic) bond motifs is 16. The van der Waals surface area contributed by atoms with Gasteiger partial charge in [-0.05, 0) is 230 Å². The molecule has 0 spiro atoms. The zero-order chi connectivity index (χ0) is 55.3. The molecule has 0 bridgehead atoms. The van der Waals surface area contributed by atoms with Crippen molar-refractivity contribution in [1.82, 2.24) is 0 Å². The highest BCUT2D eigenvalue weighted by molar-refractivity contribution is 7.07. The number of rotatable bonds is 2. The highest BCUT2D eigenvalue weighted by atomic mass is 15.2. The molecule has 0 saturated heterocycles. The van der Waals surface area contributed by atoms with Crippen LogP contribution in [0.3, 0.4) is 0 Å². The highest BCUT2D eigenvalue weighted by Crippen LogP contribution is 2.55. The van der Waals surface area contributed by atoms with Crippen molar-refractivity contribution in [1.29, 1.82) is 0 Å². The Morgan fingerprint density at radius 1 is 0.284 bits per heavy atom. The van der Waals surface area contributed by atoms with E-state index in [0.29, 0.717) is 0 Å². The van der Waals surface area contributed by atoms with Gasteiger partial charge in [-0.15, -0.1) is 0 Å². The van der Waals surface area contributed by atoms with Gasteiger partial charge in [0, 0.05) is 68.2 Å². The number of benzene rings is 9. The fraction of sp³-hybridized carbons (Fsp3) is 0.270. The quantitative estimate of drug-likeness (QED) is 0.160. The van der Waals surface area contributed by atoms with Gasteiger partial charge in [0.15, 0.2) is 0 Å². The molecule has 17 rings (SSSR count). The summed E-state index contributed by atoms with van der Waals surface area (Å²) in [6, 6.07) is 61.1. The average molecular weight is 1050 g/mol. The molecule has 0 radical (unpaired) electrons. The molecule has 0 amide bonds. The van der Waals surface area contributed by atoms with Crippen molar-refractivity contribution in [3.05, 3.63) is 196 Å². The van der Waals surface area contributed by atoms with Crippen molar-refractivity contribution in [2.45, 2.75) is 130 Å². The molecule has 2 aliphatic carbocycles. The maximum atomic E-state index is 2.83. The summed E-state index contributed by atoms with van der Waals surface area (Å²) in [6.45, 7) is 29.2. The molecular weight excluding hydrogens is 977 g/mol. The fourth-order valence-electron chi connectivity index (χ4n) is 17.1. The number of nitrogens with zero attached hydrogens (tertiary/aromatic N) is 4. The highest BCUT2D eigenvalue weighted by Gasteiger charge is 2.56. The molecular formula is C74H69B3N4. The molecule has 0 N–H and O–H groups in total. The molecule has 81 heavy (non-hydrogen) atoms. The number of para-hydroxylation sites is 2. The fourth-order valence-corrected chi connectivity index (χ4v) is 17.1. The molecule has 0 saturated carbocycles.